The van der Waals surface area contributed by atoms with Crippen molar-refractivity contribution in [1.82, 2.24) is 0 Å². The van der Waals surface area contributed by atoms with E-state index < -0.39 is 53.3 Å². The third kappa shape index (κ3) is 6.68. The summed E-state index contributed by atoms with van der Waals surface area (Å²) in [4.78, 5) is 46.0. The number of alkyl halides is 1. The van der Waals surface area contributed by atoms with Gasteiger partial charge in [-0.2, -0.15) is 0 Å². The van der Waals surface area contributed by atoms with Gasteiger partial charge in [0.2, 0.25) is 6.29 Å². The maximum atomic E-state index is 12.5. The zero-order chi connectivity index (χ0) is 22.4. The largest absolute Gasteiger partial charge is 0.463 e. The van der Waals surface area contributed by atoms with Crippen molar-refractivity contribution < 1.29 is 42.9 Å². The van der Waals surface area contributed by atoms with Crippen LogP contribution in [0, 0.1) is 0 Å². The minimum absolute atomic E-state index is 0.175. The van der Waals surface area contributed by atoms with Crippen LogP contribution < -0.4 is 0 Å². The fourth-order valence-electron chi connectivity index (χ4n) is 2.75. The molecule has 1 saturated heterocycles. The van der Waals surface area contributed by atoms with Crippen LogP contribution in [-0.4, -0.2) is 59.9 Å². The molecule has 164 valence electrons. The first-order valence-corrected chi connectivity index (χ1v) is 10.1. The van der Waals surface area contributed by atoms with Crippen molar-refractivity contribution in [3.05, 3.63) is 34.9 Å². The first-order valence-electron chi connectivity index (χ1n) is 8.82. The second kappa shape index (κ2) is 10.7. The molecule has 0 aliphatic carbocycles. The molecule has 1 aromatic carbocycles. The van der Waals surface area contributed by atoms with Crippen molar-refractivity contribution in [3.63, 3.8) is 0 Å². The number of hydrogen-bond acceptors (Lipinski definition) is 9. The predicted molar refractivity (Wildman–Crippen MR) is 106 cm³/mol. The van der Waals surface area contributed by atoms with E-state index in [-0.39, 0.29) is 12.2 Å². The van der Waals surface area contributed by atoms with Gasteiger partial charge in [-0.1, -0.05) is 33.6 Å². The average molecular weight is 508 g/mol. The molecule has 0 amide bonds. The van der Waals surface area contributed by atoms with Gasteiger partial charge in [-0.3, -0.25) is 14.4 Å². The lowest BCUT2D eigenvalue weighted by molar-refractivity contribution is -0.247. The van der Waals surface area contributed by atoms with Crippen LogP contribution in [0.15, 0.2) is 24.3 Å². The van der Waals surface area contributed by atoms with Gasteiger partial charge in [-0.05, 0) is 18.2 Å². The van der Waals surface area contributed by atoms with Crippen LogP contribution in [0.3, 0.4) is 0 Å². The van der Waals surface area contributed by atoms with Gasteiger partial charge in [0.15, 0.2) is 12.2 Å². The molecule has 30 heavy (non-hydrogen) atoms. The van der Waals surface area contributed by atoms with Gasteiger partial charge >= 0.3 is 23.9 Å². The second-order valence-corrected chi connectivity index (χ2v) is 7.85. The third-order valence-corrected chi connectivity index (χ3v) is 5.10. The summed E-state index contributed by atoms with van der Waals surface area (Å²) in [6, 6.07) is 6.09. The van der Waals surface area contributed by atoms with E-state index in [0.29, 0.717) is 5.02 Å². The van der Waals surface area contributed by atoms with Gasteiger partial charge in [0.05, 0.1) is 5.56 Å². The van der Waals surface area contributed by atoms with Crippen LogP contribution in [0.5, 0.6) is 0 Å². The molecule has 0 unspecified atom stereocenters. The molecule has 1 aromatic rings. The van der Waals surface area contributed by atoms with E-state index in [9.17, 15) is 19.2 Å². The topological polar surface area (TPSA) is 114 Å². The number of benzene rings is 1. The molecule has 0 aromatic heterocycles. The van der Waals surface area contributed by atoms with Gasteiger partial charge < -0.3 is 23.7 Å². The number of carbonyl (C=O) groups is 4. The van der Waals surface area contributed by atoms with Crippen molar-refractivity contribution in [3.8, 4) is 0 Å². The summed E-state index contributed by atoms with van der Waals surface area (Å²) in [6.45, 7) is 3.21. The lowest BCUT2D eigenvalue weighted by Gasteiger charge is -2.42. The minimum atomic E-state index is -1.26. The van der Waals surface area contributed by atoms with E-state index in [0.717, 1.165) is 0 Å². The molecule has 0 bridgehead atoms. The molecule has 9 nitrogen and oxygen atoms in total. The number of halogens is 2. The average Bonchev–Trinajstić information content (AvgIpc) is 2.65. The molecule has 0 radical (unpaired) electrons. The molecule has 1 heterocycles. The van der Waals surface area contributed by atoms with Crippen molar-refractivity contribution in [2.24, 2.45) is 0 Å². The number of hydrogen-bond donors (Lipinski definition) is 0. The molecule has 1 fully saturated rings. The summed E-state index contributed by atoms with van der Waals surface area (Å²) in [5, 5.41) is 0.338. The summed E-state index contributed by atoms with van der Waals surface area (Å²) in [5.74, 6) is -2.67. The molecule has 2 rings (SSSR count). The molecule has 0 N–H and O–H groups in total. The Labute approximate surface area is 186 Å². The first kappa shape index (κ1) is 24.1. The van der Waals surface area contributed by atoms with Crippen molar-refractivity contribution >= 4 is 51.4 Å². The summed E-state index contributed by atoms with van der Waals surface area (Å²) in [6.07, 6.45) is -4.52. The zero-order valence-corrected chi connectivity index (χ0v) is 18.7. The van der Waals surface area contributed by atoms with Gasteiger partial charge in [0, 0.05) is 25.8 Å². The summed E-state index contributed by atoms with van der Waals surface area (Å²) in [7, 11) is 0. The highest BCUT2D eigenvalue weighted by atomic mass is 79.9. The van der Waals surface area contributed by atoms with Crippen LogP contribution in [0.4, 0.5) is 0 Å². The molecular weight excluding hydrogens is 488 g/mol. The van der Waals surface area contributed by atoms with E-state index in [2.05, 4.69) is 15.9 Å². The number of esters is 4. The fourth-order valence-corrected chi connectivity index (χ4v) is 3.58. The Morgan fingerprint density at radius 1 is 1.00 bits per heavy atom. The lowest BCUT2D eigenvalue weighted by atomic mass is 10.0. The summed E-state index contributed by atoms with van der Waals surface area (Å²) >= 11 is 9.20. The summed E-state index contributed by atoms with van der Waals surface area (Å²) in [5.41, 5.74) is 0.175. The molecule has 0 saturated carbocycles. The Morgan fingerprint density at radius 2 is 1.63 bits per heavy atom. The van der Waals surface area contributed by atoms with E-state index in [1.54, 1.807) is 12.1 Å². The highest BCUT2D eigenvalue weighted by Crippen LogP contribution is 2.32. The molecular formula is C19H20BrClO9. The van der Waals surface area contributed by atoms with Crippen molar-refractivity contribution in [1.29, 1.82) is 0 Å². The Morgan fingerprint density at radius 3 is 2.20 bits per heavy atom. The zero-order valence-electron chi connectivity index (χ0n) is 16.3. The van der Waals surface area contributed by atoms with Crippen LogP contribution >= 0.6 is 27.5 Å². The minimum Gasteiger partial charge on any atom is -0.463 e. The molecule has 1 aliphatic rings. The maximum Gasteiger partial charge on any atom is 0.340 e. The molecule has 1 aliphatic heterocycles. The highest BCUT2D eigenvalue weighted by molar-refractivity contribution is 9.09. The van der Waals surface area contributed by atoms with Gasteiger partial charge in [0.25, 0.3) is 0 Å². The second-order valence-electron chi connectivity index (χ2n) is 6.35. The van der Waals surface area contributed by atoms with Gasteiger partial charge in [-0.25, -0.2) is 4.79 Å². The van der Waals surface area contributed by atoms with Crippen LogP contribution in [0.25, 0.3) is 0 Å². The first-order chi connectivity index (χ1) is 14.1. The Balaban J connectivity index is 2.28. The van der Waals surface area contributed by atoms with Crippen molar-refractivity contribution in [2.45, 2.75) is 50.2 Å². The van der Waals surface area contributed by atoms with Gasteiger partial charge in [-0.15, -0.1) is 0 Å². The Hall–Kier alpha value is -2.17. The van der Waals surface area contributed by atoms with Gasteiger partial charge in [0.1, 0.15) is 17.5 Å². The van der Waals surface area contributed by atoms with Crippen LogP contribution in [-0.2, 0) is 38.1 Å². The Kier molecular flexibility index (Phi) is 8.63. The predicted octanol–water partition coefficient (Wildman–Crippen LogP) is 2.41. The Bertz CT molecular complexity index is 815. The van der Waals surface area contributed by atoms with E-state index in [4.69, 9.17) is 35.3 Å². The summed E-state index contributed by atoms with van der Waals surface area (Å²) < 4.78 is 26.7. The SMILES string of the molecule is CC(=O)OC[C@H]1O[C@H](OC(=O)c2cccc(Cl)c2)[C@@H](Br)[C@@H](OC(C)=O)[C@@H]1OC(C)=O. The number of rotatable bonds is 6. The maximum absolute atomic E-state index is 12.5. The fraction of sp³-hybridized carbons (Fsp3) is 0.474. The van der Waals surface area contributed by atoms with Crippen LogP contribution in [0.2, 0.25) is 5.02 Å². The standard InChI is InChI=1S/C19H20BrClO9/c1-9(22)26-8-14-16(27-10(2)23)17(28-11(3)24)15(20)19(29-14)30-18(25)12-5-4-6-13(21)7-12/h4-7,14-17,19H,8H2,1-3H3/t14-,15+,16-,17-,19-/m1/s1. The van der Waals surface area contributed by atoms with E-state index in [1.165, 1.54) is 32.9 Å². The number of ether oxygens (including phenoxy) is 5. The smallest absolute Gasteiger partial charge is 0.340 e. The van der Waals surface area contributed by atoms with Crippen LogP contribution in [0.1, 0.15) is 31.1 Å². The lowest BCUT2D eigenvalue weighted by Crippen LogP contribution is -2.60. The highest BCUT2D eigenvalue weighted by Gasteiger charge is 2.51. The van der Waals surface area contributed by atoms with Crippen molar-refractivity contribution in [2.75, 3.05) is 6.61 Å². The third-order valence-electron chi connectivity index (χ3n) is 3.91. The van der Waals surface area contributed by atoms with E-state index in [1.807, 2.05) is 0 Å². The van der Waals surface area contributed by atoms with E-state index >= 15 is 0 Å². The number of carbonyl (C=O) groups excluding carboxylic acids is 4. The molecule has 11 heteroatoms. The molecule has 0 spiro atoms. The molecule has 5 atom stereocenters. The normalized spacial score (nSPS) is 25.7. The monoisotopic (exact) mass is 506 g/mol. The quantitative estimate of drug-likeness (QED) is 0.325.